The number of hydrogen-bond donors (Lipinski definition) is 0. The van der Waals surface area contributed by atoms with Crippen LogP contribution in [0.25, 0.3) is 0 Å². The predicted octanol–water partition coefficient (Wildman–Crippen LogP) is 8.12. The summed E-state index contributed by atoms with van der Waals surface area (Å²) in [6.07, 6.45) is 15.5. The van der Waals surface area contributed by atoms with E-state index in [4.69, 9.17) is 9.47 Å². The Morgan fingerprint density at radius 3 is 2.29 bits per heavy atom. The van der Waals surface area contributed by atoms with Gasteiger partial charge in [0, 0.05) is 0 Å². The fourth-order valence-corrected chi connectivity index (χ4v) is 7.31. The molecule has 0 aliphatic heterocycles. The number of esters is 2. The summed E-state index contributed by atoms with van der Waals surface area (Å²) in [5.41, 5.74) is -0.901. The van der Waals surface area contributed by atoms with Crippen molar-refractivity contribution in [3.8, 4) is 0 Å². The van der Waals surface area contributed by atoms with Crippen LogP contribution in [-0.4, -0.2) is 24.6 Å². The molecule has 0 aromatic heterocycles. The van der Waals surface area contributed by atoms with Gasteiger partial charge in [0.05, 0.1) is 17.4 Å². The smallest absolute Gasteiger partial charge is 0.311 e. The molecule has 7 atom stereocenters. The maximum Gasteiger partial charge on any atom is 0.311 e. The first-order chi connectivity index (χ1) is 16.6. The van der Waals surface area contributed by atoms with Crippen LogP contribution in [0.5, 0.6) is 0 Å². The lowest BCUT2D eigenvalue weighted by Crippen LogP contribution is -2.36. The van der Waals surface area contributed by atoms with E-state index in [1.165, 1.54) is 38.5 Å². The number of fused-ring (bicyclic) bond motifs is 5. The second kappa shape index (κ2) is 12.5. The topological polar surface area (TPSA) is 52.6 Å². The molecule has 3 aliphatic rings. The van der Waals surface area contributed by atoms with E-state index in [9.17, 15) is 9.59 Å². The second-order valence-corrected chi connectivity index (χ2v) is 13.1. The number of rotatable bonds is 15. The Kier molecular flexibility index (Phi) is 10.1. The van der Waals surface area contributed by atoms with Crippen LogP contribution in [0.1, 0.15) is 131 Å². The molecule has 0 amide bonds. The normalized spacial score (nSPS) is 30.1. The zero-order valence-corrected chi connectivity index (χ0v) is 23.7. The van der Waals surface area contributed by atoms with E-state index in [0.717, 1.165) is 69.1 Å². The third-order valence-corrected chi connectivity index (χ3v) is 10.2. The summed E-state index contributed by atoms with van der Waals surface area (Å²) < 4.78 is 12.0. The van der Waals surface area contributed by atoms with Gasteiger partial charge in [-0.3, -0.25) is 9.59 Å². The Bertz CT molecular complexity index is 700. The molecule has 0 spiro atoms. The second-order valence-electron chi connectivity index (χ2n) is 13.1. The molecular formula is C31H54O4. The van der Waals surface area contributed by atoms with Gasteiger partial charge in [0.2, 0.25) is 0 Å². The first kappa shape index (κ1) is 28.5. The summed E-state index contributed by atoms with van der Waals surface area (Å²) in [6.45, 7) is 13.1. The highest BCUT2D eigenvalue weighted by Crippen LogP contribution is 2.59. The molecule has 2 bridgehead atoms. The molecule has 7 unspecified atom stereocenters. The molecule has 0 saturated heterocycles. The van der Waals surface area contributed by atoms with E-state index in [1.54, 1.807) is 0 Å². The minimum atomic E-state index is -0.465. The molecule has 0 N–H and O–H groups in total. The first-order valence-corrected chi connectivity index (χ1v) is 15.0. The lowest BCUT2D eigenvalue weighted by molar-refractivity contribution is -0.164. The standard InChI is InChI=1S/C31H54O4/c1-7-10-14-22(8-2)21-34-29(33)31(6,9-3)18-12-11-17-30(4,5)28(32)35-27-20-23-19-26(27)25-16-13-15-24(23)25/h22-27H,7-21H2,1-6H3. The van der Waals surface area contributed by atoms with Crippen molar-refractivity contribution < 1.29 is 19.1 Å². The van der Waals surface area contributed by atoms with Crippen molar-refractivity contribution >= 4 is 11.9 Å². The molecule has 3 fully saturated rings. The minimum Gasteiger partial charge on any atom is -0.465 e. The quantitative estimate of drug-likeness (QED) is 0.172. The summed E-state index contributed by atoms with van der Waals surface area (Å²) >= 11 is 0. The molecule has 4 nitrogen and oxygen atoms in total. The summed E-state index contributed by atoms with van der Waals surface area (Å²) in [4.78, 5) is 26.0. The van der Waals surface area contributed by atoms with Crippen LogP contribution in [0.2, 0.25) is 0 Å². The van der Waals surface area contributed by atoms with Crippen molar-refractivity contribution in [2.45, 2.75) is 138 Å². The zero-order chi connectivity index (χ0) is 25.6. The fraction of sp³-hybridized carbons (Fsp3) is 0.935. The highest BCUT2D eigenvalue weighted by Gasteiger charge is 2.55. The van der Waals surface area contributed by atoms with Gasteiger partial charge in [-0.1, -0.05) is 59.3 Å². The van der Waals surface area contributed by atoms with Gasteiger partial charge in [-0.2, -0.15) is 0 Å². The Morgan fingerprint density at radius 1 is 0.886 bits per heavy atom. The fourth-order valence-electron chi connectivity index (χ4n) is 7.31. The average Bonchev–Trinajstić information content (AvgIpc) is 3.55. The molecule has 3 aliphatic carbocycles. The highest BCUT2D eigenvalue weighted by molar-refractivity contribution is 5.76. The highest BCUT2D eigenvalue weighted by atomic mass is 16.5. The van der Waals surface area contributed by atoms with Crippen LogP contribution in [0, 0.1) is 40.4 Å². The van der Waals surface area contributed by atoms with Gasteiger partial charge in [0.1, 0.15) is 6.10 Å². The van der Waals surface area contributed by atoms with Gasteiger partial charge in [0.15, 0.2) is 0 Å². The van der Waals surface area contributed by atoms with Gasteiger partial charge >= 0.3 is 11.9 Å². The molecule has 4 heteroatoms. The first-order valence-electron chi connectivity index (χ1n) is 15.0. The number of carbonyl (C=O) groups is 2. The zero-order valence-electron chi connectivity index (χ0n) is 23.7. The molecule has 0 radical (unpaired) electrons. The maximum absolute atomic E-state index is 13.1. The summed E-state index contributed by atoms with van der Waals surface area (Å²) in [5, 5.41) is 0. The molecule has 0 aromatic carbocycles. The molecule has 202 valence electrons. The van der Waals surface area contributed by atoms with Crippen LogP contribution >= 0.6 is 0 Å². The third-order valence-electron chi connectivity index (χ3n) is 10.2. The van der Waals surface area contributed by atoms with Gasteiger partial charge in [-0.25, -0.2) is 0 Å². The molecule has 3 rings (SSSR count). The Morgan fingerprint density at radius 2 is 1.60 bits per heavy atom. The summed E-state index contributed by atoms with van der Waals surface area (Å²) in [7, 11) is 0. The van der Waals surface area contributed by atoms with Crippen molar-refractivity contribution in [1.29, 1.82) is 0 Å². The van der Waals surface area contributed by atoms with Crippen molar-refractivity contribution in [2.24, 2.45) is 40.4 Å². The van der Waals surface area contributed by atoms with Crippen molar-refractivity contribution in [3.63, 3.8) is 0 Å². The van der Waals surface area contributed by atoms with Gasteiger partial charge in [0.25, 0.3) is 0 Å². The van der Waals surface area contributed by atoms with E-state index in [1.807, 2.05) is 20.8 Å². The minimum absolute atomic E-state index is 0.0139. The largest absolute Gasteiger partial charge is 0.465 e. The van der Waals surface area contributed by atoms with Crippen LogP contribution in [0.3, 0.4) is 0 Å². The van der Waals surface area contributed by atoms with E-state index < -0.39 is 10.8 Å². The van der Waals surface area contributed by atoms with Gasteiger partial charge in [-0.05, 0) is 102 Å². The maximum atomic E-state index is 13.1. The van der Waals surface area contributed by atoms with Crippen LogP contribution in [0.15, 0.2) is 0 Å². The number of ether oxygens (including phenoxy) is 2. The van der Waals surface area contributed by atoms with E-state index in [-0.39, 0.29) is 18.0 Å². The van der Waals surface area contributed by atoms with E-state index in [0.29, 0.717) is 18.4 Å². The lowest BCUT2D eigenvalue weighted by Gasteiger charge is -2.33. The number of carbonyl (C=O) groups excluding carboxylic acids is 2. The van der Waals surface area contributed by atoms with Crippen LogP contribution in [0.4, 0.5) is 0 Å². The van der Waals surface area contributed by atoms with Crippen molar-refractivity contribution in [3.05, 3.63) is 0 Å². The Labute approximate surface area is 215 Å². The molecule has 0 aromatic rings. The third kappa shape index (κ3) is 6.83. The van der Waals surface area contributed by atoms with Crippen molar-refractivity contribution in [1.82, 2.24) is 0 Å². The van der Waals surface area contributed by atoms with Crippen molar-refractivity contribution in [2.75, 3.05) is 6.61 Å². The predicted molar refractivity (Wildman–Crippen MR) is 142 cm³/mol. The SMILES string of the molecule is CCCCC(CC)COC(=O)C(C)(CC)CCCCC(C)(C)C(=O)OC1CC2CC1C1CCCC21. The Hall–Kier alpha value is -1.06. The molecule has 3 saturated carbocycles. The van der Waals surface area contributed by atoms with Gasteiger partial charge in [-0.15, -0.1) is 0 Å². The average molecular weight is 491 g/mol. The number of hydrogen-bond acceptors (Lipinski definition) is 4. The van der Waals surface area contributed by atoms with Crippen LogP contribution < -0.4 is 0 Å². The van der Waals surface area contributed by atoms with Crippen LogP contribution in [-0.2, 0) is 19.1 Å². The molecular weight excluding hydrogens is 436 g/mol. The number of unbranched alkanes of at least 4 members (excludes halogenated alkanes) is 2. The summed E-state index contributed by atoms with van der Waals surface area (Å²) in [5.74, 6) is 3.58. The van der Waals surface area contributed by atoms with E-state index in [2.05, 4.69) is 20.8 Å². The molecule has 35 heavy (non-hydrogen) atoms. The molecule has 0 heterocycles. The lowest BCUT2D eigenvalue weighted by atomic mass is 9.79. The summed E-state index contributed by atoms with van der Waals surface area (Å²) in [6, 6.07) is 0. The van der Waals surface area contributed by atoms with E-state index >= 15 is 0 Å². The van der Waals surface area contributed by atoms with Gasteiger partial charge < -0.3 is 9.47 Å². The monoisotopic (exact) mass is 490 g/mol. The Balaban J connectivity index is 1.39.